The molecule has 1 fully saturated rings. The van der Waals surface area contributed by atoms with E-state index >= 15 is 0 Å². The summed E-state index contributed by atoms with van der Waals surface area (Å²) in [7, 11) is 0. The van der Waals surface area contributed by atoms with Gasteiger partial charge in [-0.3, -0.25) is 0 Å². The highest BCUT2D eigenvalue weighted by atomic mass is 16.5. The quantitative estimate of drug-likeness (QED) is 0.601. The molecule has 0 radical (unpaired) electrons. The van der Waals surface area contributed by atoms with Crippen LogP contribution >= 0.6 is 0 Å². The third kappa shape index (κ3) is 2.34. The maximum absolute atomic E-state index is 12.2. The lowest BCUT2D eigenvalue weighted by Crippen LogP contribution is -2.43. The zero-order valence-corrected chi connectivity index (χ0v) is 14.0. The molecular weight excluding hydrogens is 272 g/mol. The second-order valence-corrected chi connectivity index (χ2v) is 7.98. The molecule has 22 heavy (non-hydrogen) atoms. The fourth-order valence-corrected chi connectivity index (χ4v) is 4.14. The van der Waals surface area contributed by atoms with Crippen LogP contribution in [0.2, 0.25) is 0 Å². The Labute approximate surface area is 133 Å². The van der Waals surface area contributed by atoms with E-state index in [0.717, 1.165) is 6.42 Å². The molecule has 0 bridgehead atoms. The minimum absolute atomic E-state index is 0.0366. The number of hydrogen-bond acceptors (Lipinski definition) is 2. The number of fused-ring (bicyclic) bond motifs is 1. The van der Waals surface area contributed by atoms with Crippen molar-refractivity contribution in [3.8, 4) is 0 Å². The van der Waals surface area contributed by atoms with E-state index in [-0.39, 0.29) is 23.4 Å². The van der Waals surface area contributed by atoms with E-state index in [1.165, 1.54) is 17.4 Å². The van der Waals surface area contributed by atoms with Crippen LogP contribution in [0.15, 0.2) is 36.4 Å². The van der Waals surface area contributed by atoms with Gasteiger partial charge < -0.3 is 9.53 Å². The monoisotopic (exact) mass is 298 g/mol. The molecule has 1 saturated heterocycles. The Morgan fingerprint density at radius 3 is 2.50 bits per heavy atom. The molecule has 1 unspecified atom stereocenters. The first-order valence-corrected chi connectivity index (χ1v) is 8.19. The molecule has 1 aliphatic heterocycles. The number of aldehydes is 1. The third-order valence-corrected chi connectivity index (χ3v) is 5.38. The summed E-state index contributed by atoms with van der Waals surface area (Å²) in [5.41, 5.74) is 2.13. The van der Waals surface area contributed by atoms with Crippen molar-refractivity contribution >= 4 is 6.29 Å². The van der Waals surface area contributed by atoms with Crippen LogP contribution in [0.1, 0.15) is 44.2 Å². The van der Waals surface area contributed by atoms with Crippen LogP contribution in [-0.4, -0.2) is 19.0 Å². The predicted octanol–water partition coefficient (Wildman–Crippen LogP) is 4.28. The number of benzene rings is 1. The first-order valence-electron chi connectivity index (χ1n) is 8.19. The normalized spacial score (nSPS) is 34.5. The largest absolute Gasteiger partial charge is 0.376 e. The molecule has 2 aliphatic rings. The summed E-state index contributed by atoms with van der Waals surface area (Å²) in [4.78, 5) is 12.2. The van der Waals surface area contributed by atoms with Crippen molar-refractivity contribution in [2.45, 2.75) is 46.1 Å². The summed E-state index contributed by atoms with van der Waals surface area (Å²) in [6, 6.07) is 8.62. The van der Waals surface area contributed by atoms with Gasteiger partial charge in [0, 0.05) is 11.8 Å². The van der Waals surface area contributed by atoms with Crippen LogP contribution in [0.4, 0.5) is 0 Å². The Hall–Kier alpha value is -1.41. The van der Waals surface area contributed by atoms with Crippen LogP contribution in [-0.2, 0) is 9.53 Å². The summed E-state index contributed by atoms with van der Waals surface area (Å²) >= 11 is 0. The second kappa shape index (κ2) is 5.34. The van der Waals surface area contributed by atoms with Gasteiger partial charge in [0.25, 0.3) is 0 Å². The highest BCUT2D eigenvalue weighted by molar-refractivity contribution is 5.65. The van der Waals surface area contributed by atoms with Crippen LogP contribution in [0.25, 0.3) is 0 Å². The smallest absolute Gasteiger partial charge is 0.129 e. The maximum Gasteiger partial charge on any atom is 0.129 e. The number of carbonyl (C=O) groups is 1. The molecule has 1 aromatic rings. The van der Waals surface area contributed by atoms with Crippen molar-refractivity contribution in [3.05, 3.63) is 47.5 Å². The number of allylic oxidation sites excluding steroid dienone is 1. The van der Waals surface area contributed by atoms with Gasteiger partial charge in [-0.15, -0.1) is 0 Å². The van der Waals surface area contributed by atoms with E-state index in [0.29, 0.717) is 6.61 Å². The first kappa shape index (κ1) is 15.5. The van der Waals surface area contributed by atoms with Crippen molar-refractivity contribution in [2.75, 3.05) is 6.61 Å². The third-order valence-electron chi connectivity index (χ3n) is 5.38. The standard InChI is InChI=1S/C20H26O2/c1-14-8-10-15(11-9-14)16-6-5-7-17-18(19(2,3)4)22-13-20(16,17)12-21/h5,7-12,16-18H,6,13H2,1-4H3/t16?,17-,18+,20-/m1/s1. The van der Waals surface area contributed by atoms with Gasteiger partial charge in [0.15, 0.2) is 0 Å². The number of ether oxygens (including phenoxy) is 1. The van der Waals surface area contributed by atoms with Crippen molar-refractivity contribution in [3.63, 3.8) is 0 Å². The SMILES string of the molecule is Cc1ccc(C2CC=C[C@@H]3[C@@H](C(C)(C)C)OC[C@]23C=O)cc1. The number of hydrogen-bond donors (Lipinski definition) is 0. The minimum atomic E-state index is -0.415. The topological polar surface area (TPSA) is 26.3 Å². The zero-order chi connectivity index (χ0) is 16.0. The van der Waals surface area contributed by atoms with Gasteiger partial charge >= 0.3 is 0 Å². The Morgan fingerprint density at radius 2 is 1.91 bits per heavy atom. The maximum atomic E-state index is 12.2. The van der Waals surface area contributed by atoms with Gasteiger partial charge in [-0.05, 0) is 24.3 Å². The van der Waals surface area contributed by atoms with E-state index in [2.05, 4.69) is 64.1 Å². The Kier molecular flexibility index (Phi) is 3.76. The Morgan fingerprint density at radius 1 is 1.23 bits per heavy atom. The average Bonchev–Trinajstić information content (AvgIpc) is 2.88. The summed E-state index contributed by atoms with van der Waals surface area (Å²) in [6.45, 7) is 9.22. The molecule has 0 aromatic heterocycles. The van der Waals surface area contributed by atoms with E-state index in [1.807, 2.05) is 0 Å². The fourth-order valence-electron chi connectivity index (χ4n) is 4.14. The van der Waals surface area contributed by atoms with Gasteiger partial charge in [0.05, 0.1) is 18.1 Å². The summed E-state index contributed by atoms with van der Waals surface area (Å²) in [5.74, 6) is 0.387. The number of rotatable bonds is 2. The lowest BCUT2D eigenvalue weighted by Gasteiger charge is -2.41. The Balaban J connectivity index is 2.02. The van der Waals surface area contributed by atoms with Gasteiger partial charge in [-0.25, -0.2) is 0 Å². The molecule has 1 aromatic carbocycles. The predicted molar refractivity (Wildman–Crippen MR) is 88.9 cm³/mol. The van der Waals surface area contributed by atoms with E-state index in [1.54, 1.807) is 0 Å². The van der Waals surface area contributed by atoms with E-state index in [9.17, 15) is 4.79 Å². The molecule has 2 heteroatoms. The van der Waals surface area contributed by atoms with Crippen molar-refractivity contribution in [2.24, 2.45) is 16.7 Å². The summed E-state index contributed by atoms with van der Waals surface area (Å²) in [5, 5.41) is 0. The lowest BCUT2D eigenvalue weighted by molar-refractivity contribution is -0.118. The fraction of sp³-hybridized carbons (Fsp3) is 0.550. The molecule has 0 amide bonds. The summed E-state index contributed by atoms with van der Waals surface area (Å²) < 4.78 is 6.15. The second-order valence-electron chi connectivity index (χ2n) is 7.98. The van der Waals surface area contributed by atoms with Crippen molar-refractivity contribution < 1.29 is 9.53 Å². The molecule has 2 nitrogen and oxygen atoms in total. The van der Waals surface area contributed by atoms with Crippen molar-refractivity contribution in [1.82, 2.24) is 0 Å². The van der Waals surface area contributed by atoms with E-state index < -0.39 is 5.41 Å². The molecule has 4 atom stereocenters. The number of aryl methyl sites for hydroxylation is 1. The van der Waals surface area contributed by atoms with E-state index in [4.69, 9.17) is 4.74 Å². The molecule has 0 N–H and O–H groups in total. The van der Waals surface area contributed by atoms with Gasteiger partial charge in [0.1, 0.15) is 6.29 Å². The highest BCUT2D eigenvalue weighted by Gasteiger charge is 2.57. The Bertz CT molecular complexity index is 579. The molecule has 0 saturated carbocycles. The van der Waals surface area contributed by atoms with Crippen LogP contribution in [0, 0.1) is 23.7 Å². The molecule has 3 rings (SSSR count). The molecule has 118 valence electrons. The van der Waals surface area contributed by atoms with Crippen LogP contribution < -0.4 is 0 Å². The van der Waals surface area contributed by atoms with Gasteiger partial charge in [0.2, 0.25) is 0 Å². The molecule has 0 spiro atoms. The highest BCUT2D eigenvalue weighted by Crippen LogP contribution is 2.55. The lowest BCUT2D eigenvalue weighted by atomic mass is 9.59. The first-order chi connectivity index (χ1) is 10.4. The minimum Gasteiger partial charge on any atom is -0.376 e. The van der Waals surface area contributed by atoms with Gasteiger partial charge in [-0.1, -0.05) is 62.8 Å². The zero-order valence-electron chi connectivity index (χ0n) is 14.0. The van der Waals surface area contributed by atoms with Gasteiger partial charge in [-0.2, -0.15) is 0 Å². The molecular formula is C20H26O2. The summed E-state index contributed by atoms with van der Waals surface area (Å²) in [6.07, 6.45) is 6.66. The number of carbonyl (C=O) groups excluding carboxylic acids is 1. The van der Waals surface area contributed by atoms with Crippen LogP contribution in [0.5, 0.6) is 0 Å². The molecule has 1 aliphatic carbocycles. The van der Waals surface area contributed by atoms with Crippen LogP contribution in [0.3, 0.4) is 0 Å². The average molecular weight is 298 g/mol. The van der Waals surface area contributed by atoms with Crippen molar-refractivity contribution in [1.29, 1.82) is 0 Å². The molecule has 1 heterocycles.